The minimum absolute atomic E-state index is 0.0968. The van der Waals surface area contributed by atoms with Gasteiger partial charge in [-0.25, -0.2) is 8.42 Å². The summed E-state index contributed by atoms with van der Waals surface area (Å²) >= 11 is 5.79. The van der Waals surface area contributed by atoms with Gasteiger partial charge in [-0.1, -0.05) is 23.7 Å². The topological polar surface area (TPSA) is 72.5 Å². The number of hydrogen-bond donors (Lipinski definition) is 1. The molecule has 2 aromatic carbocycles. The number of ether oxygens (including phenoxy) is 1. The molecule has 2 aromatic rings. The Morgan fingerprint density at radius 3 is 2.50 bits per heavy atom. The Labute approximate surface area is 152 Å². The fourth-order valence-electron chi connectivity index (χ4n) is 1.95. The van der Waals surface area contributed by atoms with Crippen LogP contribution in [0, 0.1) is 0 Å². The second-order valence-corrected chi connectivity index (χ2v) is 7.35. The fourth-order valence-corrected chi connectivity index (χ4v) is 3.23. The van der Waals surface area contributed by atoms with E-state index in [2.05, 4.69) is 9.46 Å². The van der Waals surface area contributed by atoms with Crippen molar-refractivity contribution in [1.29, 1.82) is 0 Å². The van der Waals surface area contributed by atoms with Crippen LogP contribution in [0.1, 0.15) is 17.3 Å². The van der Waals surface area contributed by atoms with Gasteiger partial charge < -0.3 is 4.74 Å². The van der Waals surface area contributed by atoms with E-state index in [0.29, 0.717) is 0 Å². The highest BCUT2D eigenvalue weighted by molar-refractivity contribution is 7.92. The average molecular weight is 408 g/mol. The maximum Gasteiger partial charge on any atom is 0.422 e. The first-order valence-electron chi connectivity index (χ1n) is 7.11. The van der Waals surface area contributed by atoms with Gasteiger partial charge in [0.25, 0.3) is 10.0 Å². The Kier molecular flexibility index (Phi) is 5.82. The average Bonchev–Trinajstić information content (AvgIpc) is 2.53. The van der Waals surface area contributed by atoms with Crippen molar-refractivity contribution in [2.45, 2.75) is 18.0 Å². The number of alkyl halides is 3. The number of halogens is 4. The van der Waals surface area contributed by atoms with Gasteiger partial charge in [0, 0.05) is 10.6 Å². The van der Waals surface area contributed by atoms with E-state index in [9.17, 15) is 26.4 Å². The zero-order valence-electron chi connectivity index (χ0n) is 13.3. The molecule has 5 nitrogen and oxygen atoms in total. The van der Waals surface area contributed by atoms with E-state index >= 15 is 0 Å². The van der Waals surface area contributed by atoms with Crippen molar-refractivity contribution in [2.24, 2.45) is 0 Å². The van der Waals surface area contributed by atoms with Crippen molar-refractivity contribution in [1.82, 2.24) is 0 Å². The number of hydrogen-bond acceptors (Lipinski definition) is 4. The van der Waals surface area contributed by atoms with E-state index in [-0.39, 0.29) is 32.7 Å². The smallest absolute Gasteiger partial charge is 0.422 e. The largest absolute Gasteiger partial charge is 0.482 e. The molecule has 0 aliphatic carbocycles. The number of carbonyl (C=O) groups is 1. The Morgan fingerprint density at radius 1 is 1.19 bits per heavy atom. The molecule has 10 heteroatoms. The number of nitrogens with one attached hydrogen (secondary N) is 1. The van der Waals surface area contributed by atoms with Crippen LogP contribution in [0.2, 0.25) is 5.02 Å². The number of anilines is 1. The van der Waals surface area contributed by atoms with Crippen molar-refractivity contribution < 1.29 is 31.1 Å². The lowest BCUT2D eigenvalue weighted by Gasteiger charge is -2.15. The lowest BCUT2D eigenvalue weighted by molar-refractivity contribution is -0.153. The van der Waals surface area contributed by atoms with Crippen molar-refractivity contribution in [2.75, 3.05) is 11.3 Å². The number of benzene rings is 2. The third-order valence-corrected chi connectivity index (χ3v) is 4.73. The molecule has 0 aliphatic rings. The molecule has 0 saturated carbocycles. The summed E-state index contributed by atoms with van der Waals surface area (Å²) in [5.74, 6) is -0.669. The van der Waals surface area contributed by atoms with Gasteiger partial charge in [-0.05, 0) is 37.3 Å². The zero-order chi connectivity index (χ0) is 19.5. The highest BCUT2D eigenvalue weighted by Gasteiger charge is 2.29. The van der Waals surface area contributed by atoms with Crippen LogP contribution in [-0.2, 0) is 10.0 Å². The first kappa shape index (κ1) is 20.1. The van der Waals surface area contributed by atoms with Crippen LogP contribution in [0.3, 0.4) is 0 Å². The van der Waals surface area contributed by atoms with Crippen molar-refractivity contribution in [3.8, 4) is 5.75 Å². The normalized spacial score (nSPS) is 11.9. The molecule has 0 unspecified atom stereocenters. The molecule has 0 aromatic heterocycles. The zero-order valence-corrected chi connectivity index (χ0v) is 14.9. The second kappa shape index (κ2) is 7.55. The van der Waals surface area contributed by atoms with Gasteiger partial charge in [0.15, 0.2) is 12.4 Å². The van der Waals surface area contributed by atoms with Gasteiger partial charge in [-0.15, -0.1) is 0 Å². The van der Waals surface area contributed by atoms with Crippen molar-refractivity contribution >= 4 is 33.1 Å². The predicted molar refractivity (Wildman–Crippen MR) is 90.3 cm³/mol. The van der Waals surface area contributed by atoms with Crippen molar-refractivity contribution in [3.05, 3.63) is 53.1 Å². The maximum absolute atomic E-state index is 12.5. The minimum Gasteiger partial charge on any atom is -0.482 e. The molecular weight excluding hydrogens is 395 g/mol. The number of carbonyl (C=O) groups excluding carboxylic acids is 1. The fraction of sp³-hybridized carbons (Fsp3) is 0.188. The lowest BCUT2D eigenvalue weighted by Crippen LogP contribution is -2.20. The third-order valence-electron chi connectivity index (χ3n) is 3.13. The summed E-state index contributed by atoms with van der Waals surface area (Å²) in [5.41, 5.74) is -0.0810. The molecular formula is C16H13ClF3NO4S. The first-order chi connectivity index (χ1) is 12.0. The van der Waals surface area contributed by atoms with Gasteiger partial charge in [-0.3, -0.25) is 9.52 Å². The molecule has 0 fully saturated rings. The molecule has 2 rings (SSSR count). The molecule has 0 radical (unpaired) electrons. The van der Waals surface area contributed by atoms with Crippen LogP contribution in [0.5, 0.6) is 5.75 Å². The quantitative estimate of drug-likeness (QED) is 0.725. The van der Waals surface area contributed by atoms with Gasteiger partial charge in [0.2, 0.25) is 0 Å². The Balaban J connectivity index is 2.35. The van der Waals surface area contributed by atoms with Crippen molar-refractivity contribution in [3.63, 3.8) is 0 Å². The lowest BCUT2D eigenvalue weighted by atomic mass is 10.2. The van der Waals surface area contributed by atoms with Gasteiger partial charge in [-0.2, -0.15) is 13.2 Å². The SMILES string of the molecule is CC(=O)c1cccc(S(=O)(=O)Nc2cc(Cl)ccc2OCC(F)(F)F)c1. The molecule has 0 saturated heterocycles. The summed E-state index contributed by atoms with van der Waals surface area (Å²) in [6, 6.07) is 8.74. The molecule has 0 amide bonds. The van der Waals surface area contributed by atoms with E-state index < -0.39 is 22.8 Å². The van der Waals surface area contributed by atoms with Crippen LogP contribution in [0.4, 0.5) is 18.9 Å². The summed E-state index contributed by atoms with van der Waals surface area (Å²) < 4.78 is 68.8. The molecule has 140 valence electrons. The van der Waals surface area contributed by atoms with Crippen LogP contribution < -0.4 is 9.46 Å². The van der Waals surface area contributed by atoms with Gasteiger partial charge in [0.05, 0.1) is 10.6 Å². The highest BCUT2D eigenvalue weighted by atomic mass is 35.5. The number of rotatable bonds is 6. The monoisotopic (exact) mass is 407 g/mol. The standard InChI is InChI=1S/C16H13ClF3NO4S/c1-10(22)11-3-2-4-13(7-11)26(23,24)21-14-8-12(17)5-6-15(14)25-9-16(18,19)20/h2-8,21H,9H2,1H3. The van der Waals surface area contributed by atoms with E-state index in [1.165, 1.54) is 31.2 Å². The number of sulfonamides is 1. The van der Waals surface area contributed by atoms with E-state index in [0.717, 1.165) is 18.2 Å². The summed E-state index contributed by atoms with van der Waals surface area (Å²) in [7, 11) is -4.18. The maximum atomic E-state index is 12.5. The van der Waals surface area contributed by atoms with Crippen LogP contribution in [0.25, 0.3) is 0 Å². The Bertz CT molecular complexity index is 929. The Hall–Kier alpha value is -2.26. The van der Waals surface area contributed by atoms with Crippen LogP contribution in [-0.4, -0.2) is 27.0 Å². The summed E-state index contributed by atoms with van der Waals surface area (Å²) in [6.45, 7) is -0.317. The Morgan fingerprint density at radius 2 is 1.88 bits per heavy atom. The molecule has 0 aliphatic heterocycles. The van der Waals surface area contributed by atoms with Crippen LogP contribution >= 0.6 is 11.6 Å². The van der Waals surface area contributed by atoms with Gasteiger partial charge in [0.1, 0.15) is 5.75 Å². The molecule has 0 spiro atoms. The second-order valence-electron chi connectivity index (χ2n) is 5.23. The van der Waals surface area contributed by atoms with Gasteiger partial charge >= 0.3 is 6.18 Å². The summed E-state index contributed by atoms with van der Waals surface area (Å²) in [5, 5.41) is 0.0968. The highest BCUT2D eigenvalue weighted by Crippen LogP contribution is 2.31. The number of Topliss-reactive ketones (excluding diaryl/α,β-unsaturated/α-hetero) is 1. The molecule has 0 heterocycles. The van der Waals surface area contributed by atoms with Crippen LogP contribution in [0.15, 0.2) is 47.4 Å². The number of ketones is 1. The molecule has 0 bridgehead atoms. The predicted octanol–water partition coefficient (Wildman–Crippen LogP) is 4.28. The van der Waals surface area contributed by atoms with E-state index in [1.54, 1.807) is 0 Å². The molecule has 0 atom stereocenters. The summed E-state index contributed by atoms with van der Waals surface area (Å²) in [6.07, 6.45) is -4.59. The third kappa shape index (κ3) is 5.37. The first-order valence-corrected chi connectivity index (χ1v) is 8.97. The van der Waals surface area contributed by atoms with E-state index in [4.69, 9.17) is 11.6 Å². The summed E-state index contributed by atoms with van der Waals surface area (Å²) in [4.78, 5) is 11.2. The molecule has 1 N–H and O–H groups in total. The minimum atomic E-state index is -4.59. The molecule has 26 heavy (non-hydrogen) atoms. The van der Waals surface area contributed by atoms with E-state index in [1.807, 2.05) is 0 Å².